The minimum atomic E-state index is -0.891. The van der Waals surface area contributed by atoms with E-state index in [2.05, 4.69) is 5.32 Å². The van der Waals surface area contributed by atoms with Crippen LogP contribution in [0.15, 0.2) is 18.2 Å². The summed E-state index contributed by atoms with van der Waals surface area (Å²) < 4.78 is 5.56. The van der Waals surface area contributed by atoms with Gasteiger partial charge in [-0.3, -0.25) is 9.59 Å². The summed E-state index contributed by atoms with van der Waals surface area (Å²) in [6.45, 7) is 7.04. The lowest BCUT2D eigenvalue weighted by Crippen LogP contribution is -2.39. The van der Waals surface area contributed by atoms with Crippen LogP contribution in [0, 0.1) is 12.3 Å². The number of benzene rings is 1. The monoisotopic (exact) mass is 327 g/mol. The second-order valence-corrected chi connectivity index (χ2v) is 6.33. The van der Waals surface area contributed by atoms with E-state index in [0.717, 1.165) is 5.56 Å². The average Bonchev–Trinajstić information content (AvgIpc) is 2.42. The number of aryl methyl sites for hydroxylation is 1. The average molecular weight is 328 g/mol. The molecule has 5 nitrogen and oxygen atoms in total. The molecule has 0 aromatic heterocycles. The lowest BCUT2D eigenvalue weighted by molar-refractivity contribution is -0.147. The van der Waals surface area contributed by atoms with Crippen LogP contribution < -0.4 is 10.1 Å². The third kappa shape index (κ3) is 5.22. The number of hydrogen-bond donors (Lipinski definition) is 2. The zero-order valence-corrected chi connectivity index (χ0v) is 14.0. The highest BCUT2D eigenvalue weighted by atomic mass is 35.5. The topological polar surface area (TPSA) is 75.6 Å². The van der Waals surface area contributed by atoms with Gasteiger partial charge in [-0.25, -0.2) is 0 Å². The predicted octanol–water partition coefficient (Wildman–Crippen LogP) is 3.03. The van der Waals surface area contributed by atoms with Crippen molar-refractivity contribution in [3.8, 4) is 5.75 Å². The van der Waals surface area contributed by atoms with Crippen molar-refractivity contribution in [1.82, 2.24) is 5.32 Å². The molecule has 2 N–H and O–H groups in total. The van der Waals surface area contributed by atoms with Gasteiger partial charge >= 0.3 is 5.97 Å². The molecular formula is C16H22ClNO4. The van der Waals surface area contributed by atoms with Crippen LogP contribution in [0.25, 0.3) is 0 Å². The van der Waals surface area contributed by atoms with Crippen molar-refractivity contribution in [3.05, 3.63) is 28.8 Å². The molecule has 0 aliphatic carbocycles. The molecule has 0 saturated heterocycles. The van der Waals surface area contributed by atoms with Crippen LogP contribution in [0.1, 0.15) is 32.8 Å². The van der Waals surface area contributed by atoms with E-state index >= 15 is 0 Å². The SMILES string of the molecule is Cc1ccc(Cl)c(OC(C)C(=O)NCCC(C)(C)C(=O)O)c1. The van der Waals surface area contributed by atoms with Crippen LogP contribution in [0.2, 0.25) is 5.02 Å². The van der Waals surface area contributed by atoms with Crippen LogP contribution in [-0.2, 0) is 9.59 Å². The van der Waals surface area contributed by atoms with E-state index in [-0.39, 0.29) is 12.5 Å². The summed E-state index contributed by atoms with van der Waals surface area (Å²) in [5.74, 6) is -0.744. The van der Waals surface area contributed by atoms with Crippen molar-refractivity contribution < 1.29 is 19.4 Å². The van der Waals surface area contributed by atoms with E-state index < -0.39 is 17.5 Å². The molecule has 6 heteroatoms. The third-order valence-electron chi connectivity index (χ3n) is 3.39. The minimum Gasteiger partial charge on any atom is -0.481 e. The highest BCUT2D eigenvalue weighted by Crippen LogP contribution is 2.26. The van der Waals surface area contributed by atoms with Crippen molar-refractivity contribution >= 4 is 23.5 Å². The summed E-state index contributed by atoms with van der Waals surface area (Å²) >= 11 is 6.02. The summed E-state index contributed by atoms with van der Waals surface area (Å²) in [5, 5.41) is 12.1. The molecule has 0 radical (unpaired) electrons. The minimum absolute atomic E-state index is 0.271. The summed E-state index contributed by atoms with van der Waals surface area (Å²) in [5.41, 5.74) is 0.104. The second kappa shape index (κ2) is 7.49. The fourth-order valence-corrected chi connectivity index (χ4v) is 1.86. The first-order valence-corrected chi connectivity index (χ1v) is 7.45. The van der Waals surface area contributed by atoms with Crippen molar-refractivity contribution in [2.75, 3.05) is 6.54 Å². The molecule has 1 amide bonds. The molecule has 122 valence electrons. The molecule has 0 bridgehead atoms. The number of aliphatic carboxylic acids is 1. The Labute approximate surface area is 135 Å². The van der Waals surface area contributed by atoms with Gasteiger partial charge in [0.2, 0.25) is 0 Å². The molecule has 22 heavy (non-hydrogen) atoms. The zero-order chi connectivity index (χ0) is 16.9. The van der Waals surface area contributed by atoms with Crippen molar-refractivity contribution in [2.24, 2.45) is 5.41 Å². The number of rotatable bonds is 7. The van der Waals surface area contributed by atoms with Crippen LogP contribution in [0.4, 0.5) is 0 Å². The van der Waals surface area contributed by atoms with Crippen molar-refractivity contribution in [1.29, 1.82) is 0 Å². The van der Waals surface area contributed by atoms with Gasteiger partial charge in [0.25, 0.3) is 5.91 Å². The number of amides is 1. The molecular weight excluding hydrogens is 306 g/mol. The van der Waals surface area contributed by atoms with Gasteiger partial charge in [0, 0.05) is 6.54 Å². The zero-order valence-electron chi connectivity index (χ0n) is 13.3. The third-order valence-corrected chi connectivity index (χ3v) is 3.70. The number of nitrogens with one attached hydrogen (secondary N) is 1. The van der Waals surface area contributed by atoms with E-state index in [1.165, 1.54) is 0 Å². The number of halogens is 1. The molecule has 1 unspecified atom stereocenters. The van der Waals surface area contributed by atoms with Gasteiger partial charge in [-0.15, -0.1) is 0 Å². The Hall–Kier alpha value is -1.75. The van der Waals surface area contributed by atoms with Gasteiger partial charge < -0.3 is 15.2 Å². The summed E-state index contributed by atoms with van der Waals surface area (Å²) in [4.78, 5) is 23.0. The number of hydrogen-bond acceptors (Lipinski definition) is 3. The first-order chi connectivity index (χ1) is 10.1. The van der Waals surface area contributed by atoms with Crippen LogP contribution in [0.5, 0.6) is 5.75 Å². The summed E-state index contributed by atoms with van der Waals surface area (Å²) in [7, 11) is 0. The second-order valence-electron chi connectivity index (χ2n) is 5.92. The largest absolute Gasteiger partial charge is 0.481 e. The maximum atomic E-state index is 12.0. The first kappa shape index (κ1) is 18.3. The fourth-order valence-electron chi connectivity index (χ4n) is 1.69. The van der Waals surface area contributed by atoms with E-state index in [1.807, 2.05) is 13.0 Å². The van der Waals surface area contributed by atoms with Gasteiger partial charge in [-0.2, -0.15) is 0 Å². The lowest BCUT2D eigenvalue weighted by atomic mass is 9.90. The highest BCUT2D eigenvalue weighted by molar-refractivity contribution is 6.32. The van der Waals surface area contributed by atoms with Gasteiger partial charge in [0.05, 0.1) is 10.4 Å². The van der Waals surface area contributed by atoms with Gasteiger partial charge in [-0.1, -0.05) is 17.7 Å². The molecule has 0 spiro atoms. The lowest BCUT2D eigenvalue weighted by Gasteiger charge is -2.20. The van der Waals surface area contributed by atoms with Gasteiger partial charge in [-0.05, 0) is 51.8 Å². The number of carboxylic acids is 1. The maximum Gasteiger partial charge on any atom is 0.309 e. The number of carbonyl (C=O) groups is 2. The summed E-state index contributed by atoms with van der Waals surface area (Å²) in [6.07, 6.45) is -0.376. The smallest absolute Gasteiger partial charge is 0.309 e. The molecule has 0 aliphatic rings. The molecule has 0 saturated carbocycles. The van der Waals surface area contributed by atoms with Crippen molar-refractivity contribution in [3.63, 3.8) is 0 Å². The Kier molecular flexibility index (Phi) is 6.23. The van der Waals surface area contributed by atoms with E-state index in [4.69, 9.17) is 21.4 Å². The Balaban J connectivity index is 2.52. The van der Waals surface area contributed by atoms with Gasteiger partial charge in [0.15, 0.2) is 6.10 Å². The Morgan fingerprint density at radius 3 is 2.64 bits per heavy atom. The van der Waals surface area contributed by atoms with E-state index in [9.17, 15) is 9.59 Å². The highest BCUT2D eigenvalue weighted by Gasteiger charge is 2.27. The predicted molar refractivity (Wildman–Crippen MR) is 85.3 cm³/mol. The van der Waals surface area contributed by atoms with Crippen LogP contribution in [-0.4, -0.2) is 29.6 Å². The number of ether oxygens (including phenoxy) is 1. The fraction of sp³-hybridized carbons (Fsp3) is 0.500. The molecule has 1 rings (SSSR count). The van der Waals surface area contributed by atoms with Crippen LogP contribution in [0.3, 0.4) is 0 Å². The summed E-state index contributed by atoms with van der Waals surface area (Å²) in [6, 6.07) is 5.33. The quantitative estimate of drug-likeness (QED) is 0.807. The van der Waals surface area contributed by atoms with E-state index in [0.29, 0.717) is 17.2 Å². The van der Waals surface area contributed by atoms with E-state index in [1.54, 1.807) is 32.9 Å². The molecule has 1 aromatic carbocycles. The standard InChI is InChI=1S/C16H22ClNO4/c1-10-5-6-12(17)13(9-10)22-11(2)14(19)18-8-7-16(3,4)15(20)21/h5-6,9,11H,7-8H2,1-4H3,(H,18,19)(H,20,21). The Bertz CT molecular complexity index is 557. The normalized spacial score (nSPS) is 12.6. The van der Waals surface area contributed by atoms with Gasteiger partial charge in [0.1, 0.15) is 5.75 Å². The molecule has 0 heterocycles. The van der Waals surface area contributed by atoms with Crippen molar-refractivity contribution in [2.45, 2.75) is 40.2 Å². The first-order valence-electron chi connectivity index (χ1n) is 7.07. The number of carbonyl (C=O) groups excluding carboxylic acids is 1. The number of carboxylic acid groups (broad SMARTS) is 1. The Morgan fingerprint density at radius 1 is 1.41 bits per heavy atom. The van der Waals surface area contributed by atoms with Crippen LogP contribution >= 0.6 is 11.6 Å². The molecule has 0 fully saturated rings. The molecule has 1 atom stereocenters. The molecule has 1 aromatic rings. The Morgan fingerprint density at radius 2 is 2.05 bits per heavy atom. The maximum absolute atomic E-state index is 12.0. The molecule has 0 aliphatic heterocycles.